The molecular weight excluding hydrogens is 318 g/mol. The van der Waals surface area contributed by atoms with Crippen molar-refractivity contribution in [3.8, 4) is 0 Å². The summed E-state index contributed by atoms with van der Waals surface area (Å²) in [6.07, 6.45) is 4.94. The first kappa shape index (κ1) is 14.9. The minimum atomic E-state index is 0.652. The number of rotatable bonds is 7. The van der Waals surface area contributed by atoms with E-state index in [2.05, 4.69) is 43.7 Å². The third-order valence-corrected chi connectivity index (χ3v) is 4.48. The summed E-state index contributed by atoms with van der Waals surface area (Å²) in [4.78, 5) is 5.61. The summed E-state index contributed by atoms with van der Waals surface area (Å²) in [6, 6.07) is 4.08. The Bertz CT molecular complexity index is 729. The van der Waals surface area contributed by atoms with Crippen molar-refractivity contribution in [1.29, 1.82) is 0 Å². The highest BCUT2D eigenvalue weighted by Crippen LogP contribution is 2.18. The average molecular weight is 333 g/mol. The lowest BCUT2D eigenvalue weighted by Gasteiger charge is -2.00. The first-order valence-corrected chi connectivity index (χ1v) is 8.73. The van der Waals surface area contributed by atoms with Crippen molar-refractivity contribution in [2.75, 3.05) is 0 Å². The normalized spacial score (nSPS) is 11.5. The smallest absolute Gasteiger partial charge is 0.209 e. The quantitative estimate of drug-likeness (QED) is 0.669. The van der Waals surface area contributed by atoms with E-state index in [1.54, 1.807) is 11.3 Å². The number of thiophene rings is 1. The van der Waals surface area contributed by atoms with E-state index >= 15 is 0 Å². The summed E-state index contributed by atoms with van der Waals surface area (Å²) in [5.74, 6) is 2.23. The summed E-state index contributed by atoms with van der Waals surface area (Å²) in [5.41, 5.74) is 0. The van der Waals surface area contributed by atoms with Crippen molar-refractivity contribution in [3.63, 3.8) is 0 Å². The maximum Gasteiger partial charge on any atom is 0.209 e. The molecule has 3 heterocycles. The van der Waals surface area contributed by atoms with Gasteiger partial charge in [-0.1, -0.05) is 24.8 Å². The molecule has 114 valence electrons. The molecule has 0 radical (unpaired) electrons. The van der Waals surface area contributed by atoms with Gasteiger partial charge in [-0.25, -0.2) is 9.67 Å². The van der Waals surface area contributed by atoms with Crippen LogP contribution >= 0.6 is 23.1 Å². The number of aromatic nitrogens is 7. The lowest BCUT2D eigenvalue weighted by Crippen LogP contribution is -2.04. The van der Waals surface area contributed by atoms with Gasteiger partial charge in [0.05, 0.1) is 5.75 Å². The Morgan fingerprint density at radius 3 is 3.18 bits per heavy atom. The first-order valence-electron chi connectivity index (χ1n) is 6.87. The molecule has 0 spiro atoms. The van der Waals surface area contributed by atoms with Crippen LogP contribution in [0.15, 0.2) is 22.7 Å². The van der Waals surface area contributed by atoms with Gasteiger partial charge in [0.2, 0.25) is 5.16 Å². The standard InChI is InChI=1S/C13H15N7S2/c1-2-7-20-12(16-18-19-20)9-22-13-14-11(15-17-13)6-5-10-4-3-8-21-10/h3-6,8H,2,7,9H2,1H3,(H,14,15,17). The molecule has 0 saturated heterocycles. The predicted octanol–water partition coefficient (Wildman–Crippen LogP) is 2.73. The molecule has 0 amide bonds. The molecule has 0 aliphatic heterocycles. The molecule has 7 nitrogen and oxygen atoms in total. The van der Waals surface area contributed by atoms with Crippen LogP contribution in [0, 0.1) is 0 Å². The van der Waals surface area contributed by atoms with Crippen LogP contribution in [0.25, 0.3) is 12.2 Å². The molecule has 0 aliphatic carbocycles. The van der Waals surface area contributed by atoms with Gasteiger partial charge >= 0.3 is 0 Å². The molecule has 9 heteroatoms. The fourth-order valence-corrected chi connectivity index (χ4v) is 3.14. The maximum atomic E-state index is 4.42. The number of aromatic amines is 1. The highest BCUT2D eigenvalue weighted by Gasteiger charge is 2.08. The van der Waals surface area contributed by atoms with E-state index in [0.717, 1.165) is 24.6 Å². The van der Waals surface area contributed by atoms with Crippen molar-refractivity contribution in [1.82, 2.24) is 35.4 Å². The van der Waals surface area contributed by atoms with Crippen LogP contribution in [0.5, 0.6) is 0 Å². The molecule has 0 aromatic carbocycles. The number of nitrogens with zero attached hydrogens (tertiary/aromatic N) is 6. The second kappa shape index (κ2) is 7.32. The molecule has 0 bridgehead atoms. The molecule has 3 rings (SSSR count). The first-order chi connectivity index (χ1) is 10.8. The number of aryl methyl sites for hydroxylation is 1. The number of thioether (sulfide) groups is 1. The monoisotopic (exact) mass is 333 g/mol. The third kappa shape index (κ3) is 3.80. The highest BCUT2D eigenvalue weighted by molar-refractivity contribution is 7.98. The van der Waals surface area contributed by atoms with Gasteiger partial charge in [-0.15, -0.1) is 21.5 Å². The molecule has 0 atom stereocenters. The zero-order chi connectivity index (χ0) is 15.2. The topological polar surface area (TPSA) is 85.2 Å². The van der Waals surface area contributed by atoms with Crippen LogP contribution in [-0.4, -0.2) is 35.4 Å². The van der Waals surface area contributed by atoms with Gasteiger partial charge in [0.25, 0.3) is 0 Å². The van der Waals surface area contributed by atoms with Gasteiger partial charge < -0.3 is 0 Å². The molecule has 3 aromatic rings. The van der Waals surface area contributed by atoms with E-state index in [1.165, 1.54) is 16.6 Å². The Hall–Kier alpha value is -2.00. The zero-order valence-electron chi connectivity index (χ0n) is 12.0. The summed E-state index contributed by atoms with van der Waals surface area (Å²) in [6.45, 7) is 2.92. The van der Waals surface area contributed by atoms with E-state index in [0.29, 0.717) is 10.9 Å². The Morgan fingerprint density at radius 1 is 1.41 bits per heavy atom. The van der Waals surface area contributed by atoms with Gasteiger partial charge in [-0.2, -0.15) is 0 Å². The van der Waals surface area contributed by atoms with Crippen LogP contribution in [0.3, 0.4) is 0 Å². The molecule has 1 N–H and O–H groups in total. The second-order valence-corrected chi connectivity index (χ2v) is 6.38. The van der Waals surface area contributed by atoms with Crippen molar-refractivity contribution in [3.05, 3.63) is 34.0 Å². The van der Waals surface area contributed by atoms with Crippen molar-refractivity contribution in [2.45, 2.75) is 30.8 Å². The number of H-pyrrole nitrogens is 1. The fourth-order valence-electron chi connectivity index (χ4n) is 1.79. The summed E-state index contributed by atoms with van der Waals surface area (Å²) in [7, 11) is 0. The van der Waals surface area contributed by atoms with Crippen LogP contribution in [0.1, 0.15) is 29.9 Å². The summed E-state index contributed by atoms with van der Waals surface area (Å²) < 4.78 is 1.82. The number of tetrazole rings is 1. The highest BCUT2D eigenvalue weighted by atomic mass is 32.2. The molecule has 0 fully saturated rings. The molecule has 22 heavy (non-hydrogen) atoms. The molecule has 0 saturated carbocycles. The van der Waals surface area contributed by atoms with Gasteiger partial charge in [0.15, 0.2) is 5.82 Å². The second-order valence-electron chi connectivity index (χ2n) is 4.46. The van der Waals surface area contributed by atoms with Crippen LogP contribution in [0.4, 0.5) is 0 Å². The van der Waals surface area contributed by atoms with Gasteiger partial charge in [0.1, 0.15) is 5.82 Å². The third-order valence-electron chi connectivity index (χ3n) is 2.80. The van der Waals surface area contributed by atoms with E-state index < -0.39 is 0 Å². The minimum absolute atomic E-state index is 0.652. The van der Waals surface area contributed by atoms with Crippen LogP contribution in [0.2, 0.25) is 0 Å². The van der Waals surface area contributed by atoms with Gasteiger partial charge in [0, 0.05) is 11.4 Å². The average Bonchev–Trinajstić information content (AvgIpc) is 3.26. The Balaban J connectivity index is 1.58. The molecule has 0 unspecified atom stereocenters. The van der Waals surface area contributed by atoms with Crippen LogP contribution in [-0.2, 0) is 12.3 Å². The number of hydrogen-bond acceptors (Lipinski definition) is 7. The van der Waals surface area contributed by atoms with Gasteiger partial charge in [-0.3, -0.25) is 5.10 Å². The number of hydrogen-bond donors (Lipinski definition) is 1. The van der Waals surface area contributed by atoms with E-state index in [4.69, 9.17) is 0 Å². The minimum Gasteiger partial charge on any atom is -0.259 e. The lowest BCUT2D eigenvalue weighted by atomic mass is 10.4. The molecular formula is C13H15N7S2. The molecule has 0 aliphatic rings. The number of nitrogens with one attached hydrogen (secondary N) is 1. The van der Waals surface area contributed by atoms with E-state index in [9.17, 15) is 0 Å². The Morgan fingerprint density at radius 2 is 2.36 bits per heavy atom. The fraction of sp³-hybridized carbons (Fsp3) is 0.308. The molecule has 3 aromatic heterocycles. The predicted molar refractivity (Wildman–Crippen MR) is 87.3 cm³/mol. The lowest BCUT2D eigenvalue weighted by molar-refractivity contribution is 0.564. The summed E-state index contributed by atoms with van der Waals surface area (Å²) in [5, 5.41) is 21.5. The SMILES string of the molecule is CCCn1nnnc1CSc1n[nH]c(C=Cc2cccs2)n1. The zero-order valence-corrected chi connectivity index (χ0v) is 13.6. The Kier molecular flexibility index (Phi) is 4.96. The van der Waals surface area contributed by atoms with Crippen molar-refractivity contribution < 1.29 is 0 Å². The van der Waals surface area contributed by atoms with E-state index in [1.807, 2.05) is 28.3 Å². The largest absolute Gasteiger partial charge is 0.259 e. The summed E-state index contributed by atoms with van der Waals surface area (Å²) >= 11 is 3.20. The van der Waals surface area contributed by atoms with E-state index in [-0.39, 0.29) is 0 Å². The maximum absolute atomic E-state index is 4.42. The van der Waals surface area contributed by atoms with Crippen molar-refractivity contribution >= 4 is 35.3 Å². The van der Waals surface area contributed by atoms with Crippen LogP contribution < -0.4 is 0 Å². The van der Waals surface area contributed by atoms with Crippen molar-refractivity contribution in [2.24, 2.45) is 0 Å². The Labute approximate surface area is 135 Å². The van der Waals surface area contributed by atoms with Gasteiger partial charge in [-0.05, 0) is 40.4 Å².